The predicted octanol–water partition coefficient (Wildman–Crippen LogP) is 6.47. The van der Waals surface area contributed by atoms with Gasteiger partial charge in [-0.25, -0.2) is 14.4 Å². The number of fused-ring (bicyclic) bond motifs is 1. The van der Waals surface area contributed by atoms with Crippen LogP contribution in [-0.4, -0.2) is 46.0 Å². The highest BCUT2D eigenvalue weighted by Gasteiger charge is 2.22. The van der Waals surface area contributed by atoms with E-state index in [9.17, 15) is 9.18 Å². The van der Waals surface area contributed by atoms with Crippen molar-refractivity contribution in [2.75, 3.05) is 23.7 Å². The number of hydrogen-bond donors (Lipinski definition) is 2. The number of aromatic nitrogens is 2. The minimum atomic E-state index is -0.495. The van der Waals surface area contributed by atoms with Crippen molar-refractivity contribution in [3.8, 4) is 5.75 Å². The topological polar surface area (TPSA) is 79.4 Å². The van der Waals surface area contributed by atoms with Gasteiger partial charge >= 0.3 is 0 Å². The van der Waals surface area contributed by atoms with Crippen LogP contribution in [-0.2, 0) is 4.79 Å². The lowest BCUT2D eigenvalue weighted by Crippen LogP contribution is -2.37. The molecular weight excluding hydrogens is 493 g/mol. The van der Waals surface area contributed by atoms with E-state index in [0.717, 1.165) is 32.4 Å². The van der Waals surface area contributed by atoms with Gasteiger partial charge in [0, 0.05) is 35.8 Å². The molecule has 0 radical (unpaired) electrons. The maximum atomic E-state index is 13.6. The second-order valence-electron chi connectivity index (χ2n) is 9.74. The third-order valence-corrected chi connectivity index (χ3v) is 7.36. The number of ether oxygens (including phenoxy) is 1. The van der Waals surface area contributed by atoms with Gasteiger partial charge in [-0.15, -0.1) is 0 Å². The van der Waals surface area contributed by atoms with Crippen LogP contribution in [0.5, 0.6) is 5.75 Å². The molecule has 37 heavy (non-hydrogen) atoms. The number of nitrogens with one attached hydrogen (secondary N) is 2. The lowest BCUT2D eigenvalue weighted by Gasteiger charge is -2.32. The summed E-state index contributed by atoms with van der Waals surface area (Å²) >= 11 is 5.95. The van der Waals surface area contributed by atoms with Crippen LogP contribution in [0, 0.1) is 5.82 Å². The van der Waals surface area contributed by atoms with Crippen molar-refractivity contribution < 1.29 is 13.9 Å². The molecule has 1 aliphatic heterocycles. The van der Waals surface area contributed by atoms with E-state index in [4.69, 9.17) is 16.3 Å². The fourth-order valence-corrected chi connectivity index (χ4v) is 4.84. The quantitative estimate of drug-likeness (QED) is 0.329. The number of halogens is 2. The smallest absolute Gasteiger partial charge is 0.248 e. The standard InChI is InChI=1S/C28H31ClFN5O2/c1-18-6-2-3-12-35(18)13-5-9-27(36)34-25-15-21-24(16-26(25)37-20-7-4-8-20)31-17-32-28(21)33-19-10-11-23(30)22(29)14-19/h5,9-11,14-18,20H,2-4,6-8,12-13H2,1H3,(H,34,36)(H,31,32,33)/b9-5+. The van der Waals surface area contributed by atoms with Crippen molar-refractivity contribution in [1.29, 1.82) is 0 Å². The van der Waals surface area contributed by atoms with Crippen LogP contribution in [0.25, 0.3) is 10.9 Å². The van der Waals surface area contributed by atoms with E-state index in [1.165, 1.54) is 37.7 Å². The molecule has 1 atom stereocenters. The summed E-state index contributed by atoms with van der Waals surface area (Å²) in [4.78, 5) is 24.0. The number of rotatable bonds is 8. The summed E-state index contributed by atoms with van der Waals surface area (Å²) in [6, 6.07) is 8.55. The lowest BCUT2D eigenvalue weighted by atomic mass is 9.96. The zero-order valence-corrected chi connectivity index (χ0v) is 21.6. The Hall–Kier alpha value is -3.23. The Morgan fingerprint density at radius 1 is 1.19 bits per heavy atom. The molecule has 1 unspecified atom stereocenters. The normalized spacial score (nSPS) is 18.6. The van der Waals surface area contributed by atoms with Crippen LogP contribution >= 0.6 is 11.6 Å². The first-order valence-corrected chi connectivity index (χ1v) is 13.2. The Balaban J connectivity index is 1.39. The SMILES string of the molecule is CC1CCCCN1C/C=C/C(=O)Nc1cc2c(Nc3ccc(F)c(Cl)c3)ncnc2cc1OC1CCC1. The Morgan fingerprint density at radius 3 is 2.81 bits per heavy atom. The Labute approximate surface area is 221 Å². The number of anilines is 3. The summed E-state index contributed by atoms with van der Waals surface area (Å²) in [5.74, 6) is 0.371. The number of likely N-dealkylation sites (tertiary alicyclic amines) is 1. The number of nitrogens with zero attached hydrogens (tertiary/aromatic N) is 3. The molecule has 194 valence electrons. The minimum Gasteiger partial charge on any atom is -0.488 e. The molecule has 1 saturated carbocycles. The second kappa shape index (κ2) is 11.4. The molecule has 2 heterocycles. The first kappa shape index (κ1) is 25.4. The molecule has 1 aliphatic carbocycles. The Morgan fingerprint density at radius 2 is 2.05 bits per heavy atom. The van der Waals surface area contributed by atoms with Gasteiger partial charge in [0.1, 0.15) is 23.7 Å². The van der Waals surface area contributed by atoms with Crippen LogP contribution in [0.3, 0.4) is 0 Å². The van der Waals surface area contributed by atoms with E-state index >= 15 is 0 Å². The first-order valence-electron chi connectivity index (χ1n) is 12.9. The third kappa shape index (κ3) is 6.19. The molecule has 5 rings (SSSR count). The fourth-order valence-electron chi connectivity index (χ4n) is 4.66. The molecule has 2 fully saturated rings. The molecule has 2 aliphatic rings. The monoisotopic (exact) mass is 523 g/mol. The largest absolute Gasteiger partial charge is 0.488 e. The Kier molecular flexibility index (Phi) is 7.86. The van der Waals surface area contributed by atoms with E-state index in [1.807, 2.05) is 18.2 Å². The zero-order chi connectivity index (χ0) is 25.8. The second-order valence-corrected chi connectivity index (χ2v) is 10.2. The van der Waals surface area contributed by atoms with Gasteiger partial charge in [-0.1, -0.05) is 24.1 Å². The highest BCUT2D eigenvalue weighted by Crippen LogP contribution is 2.36. The van der Waals surface area contributed by atoms with Gasteiger partial charge < -0.3 is 15.4 Å². The van der Waals surface area contributed by atoms with Crippen molar-refractivity contribution in [3.05, 3.63) is 59.7 Å². The number of carbonyl (C=O) groups is 1. The summed E-state index contributed by atoms with van der Waals surface area (Å²) in [5, 5.41) is 6.86. The molecular formula is C28H31ClFN5O2. The fraction of sp³-hybridized carbons (Fsp3) is 0.393. The number of carbonyl (C=O) groups excluding carboxylic acids is 1. The van der Waals surface area contributed by atoms with E-state index in [2.05, 4.69) is 32.4 Å². The van der Waals surface area contributed by atoms with Gasteiger partial charge in [-0.2, -0.15) is 0 Å². The van der Waals surface area contributed by atoms with Crippen molar-refractivity contribution in [2.24, 2.45) is 0 Å². The number of hydrogen-bond acceptors (Lipinski definition) is 6. The zero-order valence-electron chi connectivity index (χ0n) is 20.8. The molecule has 2 aromatic carbocycles. The molecule has 0 spiro atoms. The highest BCUT2D eigenvalue weighted by molar-refractivity contribution is 6.31. The van der Waals surface area contributed by atoms with Gasteiger partial charge in [0.25, 0.3) is 0 Å². The number of piperidine rings is 1. The minimum absolute atomic E-state index is 0.0123. The van der Waals surface area contributed by atoms with Crippen LogP contribution < -0.4 is 15.4 Å². The van der Waals surface area contributed by atoms with Crippen LogP contribution in [0.1, 0.15) is 45.4 Å². The summed E-state index contributed by atoms with van der Waals surface area (Å²) < 4.78 is 19.8. The van der Waals surface area contributed by atoms with Crippen molar-refractivity contribution in [3.63, 3.8) is 0 Å². The van der Waals surface area contributed by atoms with Gasteiger partial charge in [0.05, 0.1) is 22.3 Å². The average molecular weight is 524 g/mol. The van der Waals surface area contributed by atoms with Gasteiger partial charge in [0.15, 0.2) is 0 Å². The Bertz CT molecular complexity index is 1310. The van der Waals surface area contributed by atoms with Crippen LogP contribution in [0.2, 0.25) is 5.02 Å². The first-order chi connectivity index (χ1) is 18.0. The molecule has 1 saturated heterocycles. The van der Waals surface area contributed by atoms with E-state index in [0.29, 0.717) is 39.9 Å². The van der Waals surface area contributed by atoms with Gasteiger partial charge in [0.2, 0.25) is 5.91 Å². The van der Waals surface area contributed by atoms with Crippen molar-refractivity contribution in [1.82, 2.24) is 14.9 Å². The maximum absolute atomic E-state index is 13.6. The molecule has 9 heteroatoms. The lowest BCUT2D eigenvalue weighted by molar-refractivity contribution is -0.112. The third-order valence-electron chi connectivity index (χ3n) is 7.07. The molecule has 2 N–H and O–H groups in total. The maximum Gasteiger partial charge on any atom is 0.248 e. The van der Waals surface area contributed by atoms with Crippen LogP contribution in [0.15, 0.2) is 48.8 Å². The molecule has 1 amide bonds. The van der Waals surface area contributed by atoms with Gasteiger partial charge in [-0.05, 0) is 69.8 Å². The highest BCUT2D eigenvalue weighted by atomic mass is 35.5. The van der Waals surface area contributed by atoms with E-state index < -0.39 is 5.82 Å². The van der Waals surface area contributed by atoms with E-state index in [-0.39, 0.29) is 17.0 Å². The average Bonchev–Trinajstić information content (AvgIpc) is 2.85. The molecule has 7 nitrogen and oxygen atoms in total. The summed E-state index contributed by atoms with van der Waals surface area (Å²) in [6.45, 7) is 4.05. The van der Waals surface area contributed by atoms with Gasteiger partial charge in [-0.3, -0.25) is 9.69 Å². The predicted molar refractivity (Wildman–Crippen MR) is 145 cm³/mol. The van der Waals surface area contributed by atoms with Crippen molar-refractivity contribution >= 4 is 45.6 Å². The number of benzene rings is 2. The summed E-state index contributed by atoms with van der Waals surface area (Å²) in [6.07, 6.45) is 11.8. The van der Waals surface area contributed by atoms with Crippen molar-refractivity contribution in [2.45, 2.75) is 57.6 Å². The summed E-state index contributed by atoms with van der Waals surface area (Å²) in [7, 11) is 0. The number of amides is 1. The molecule has 3 aromatic rings. The van der Waals surface area contributed by atoms with E-state index in [1.54, 1.807) is 12.1 Å². The summed E-state index contributed by atoms with van der Waals surface area (Å²) in [5.41, 5.74) is 1.80. The molecule has 1 aromatic heterocycles. The molecule has 0 bridgehead atoms. The van der Waals surface area contributed by atoms with Crippen LogP contribution in [0.4, 0.5) is 21.6 Å².